The molecule has 0 spiro atoms. The van der Waals surface area contributed by atoms with Crippen molar-refractivity contribution < 1.29 is 11.3 Å². The van der Waals surface area contributed by atoms with Gasteiger partial charge in [-0.2, -0.15) is 5.10 Å². The maximum atomic E-state index is 12.5. The van der Waals surface area contributed by atoms with Gasteiger partial charge in [-0.1, -0.05) is 18.2 Å². The van der Waals surface area contributed by atoms with E-state index in [-0.39, 0.29) is 18.0 Å². The number of nitrogen functional groups attached to an aromatic ring is 1. The SMILES string of the molecule is [2H]c1nc(N)c2nc(-c3cccc(-c4cc([C@]5(O)CCN(C)C5=O)nn4C)c3)ccc2n1. The molecule has 0 saturated carbocycles. The van der Waals surface area contributed by atoms with Gasteiger partial charge < -0.3 is 15.7 Å². The van der Waals surface area contributed by atoms with Gasteiger partial charge in [-0.3, -0.25) is 9.48 Å². The highest BCUT2D eigenvalue weighted by Gasteiger charge is 2.47. The lowest BCUT2D eigenvalue weighted by atomic mass is 9.97. The molecular weight excluding hydrogens is 394 g/mol. The maximum Gasteiger partial charge on any atom is 0.260 e. The largest absolute Gasteiger partial charge is 0.382 e. The lowest BCUT2D eigenvalue weighted by Gasteiger charge is -2.17. The van der Waals surface area contributed by atoms with Crippen LogP contribution in [0.2, 0.25) is 0 Å². The van der Waals surface area contributed by atoms with Crippen molar-refractivity contribution in [1.29, 1.82) is 0 Å². The number of nitrogens with zero attached hydrogens (tertiary/aromatic N) is 6. The van der Waals surface area contributed by atoms with E-state index < -0.39 is 5.60 Å². The molecule has 4 aromatic rings. The fraction of sp³-hybridized carbons (Fsp3) is 0.227. The van der Waals surface area contributed by atoms with Crippen LogP contribution in [0.1, 0.15) is 13.5 Å². The summed E-state index contributed by atoms with van der Waals surface area (Å²) in [4.78, 5) is 26.5. The fourth-order valence-electron chi connectivity index (χ4n) is 3.95. The average Bonchev–Trinajstić information content (AvgIpc) is 3.30. The lowest BCUT2D eigenvalue weighted by Crippen LogP contribution is -2.36. The van der Waals surface area contributed by atoms with Gasteiger partial charge in [-0.25, -0.2) is 15.0 Å². The van der Waals surface area contributed by atoms with Crippen LogP contribution in [0, 0.1) is 0 Å². The van der Waals surface area contributed by atoms with E-state index in [0.717, 1.165) is 16.8 Å². The molecule has 1 amide bonds. The van der Waals surface area contributed by atoms with Crippen LogP contribution in [0.3, 0.4) is 0 Å². The highest BCUT2D eigenvalue weighted by Crippen LogP contribution is 2.34. The summed E-state index contributed by atoms with van der Waals surface area (Å²) in [5, 5.41) is 15.4. The van der Waals surface area contributed by atoms with E-state index in [9.17, 15) is 9.90 Å². The predicted octanol–water partition coefficient (Wildman–Crippen LogP) is 1.72. The normalized spacial score (nSPS) is 19.3. The Kier molecular flexibility index (Phi) is 3.97. The number of anilines is 1. The van der Waals surface area contributed by atoms with Crippen LogP contribution in [0.15, 0.2) is 48.8 Å². The average molecular weight is 416 g/mol. The zero-order valence-corrected chi connectivity index (χ0v) is 17.1. The first-order chi connectivity index (χ1) is 15.3. The van der Waals surface area contributed by atoms with E-state index in [1.165, 1.54) is 4.90 Å². The quantitative estimate of drug-likeness (QED) is 0.521. The summed E-state index contributed by atoms with van der Waals surface area (Å²) in [6, 6.07) is 13.1. The molecule has 9 nitrogen and oxygen atoms in total. The number of pyridine rings is 1. The van der Waals surface area contributed by atoms with Gasteiger partial charge >= 0.3 is 0 Å². The van der Waals surface area contributed by atoms with E-state index in [2.05, 4.69) is 20.1 Å². The van der Waals surface area contributed by atoms with Crippen molar-refractivity contribution >= 4 is 22.8 Å². The number of benzene rings is 1. The van der Waals surface area contributed by atoms with Gasteiger partial charge in [0.25, 0.3) is 5.91 Å². The summed E-state index contributed by atoms with van der Waals surface area (Å²) in [6.07, 6.45) is 0.163. The van der Waals surface area contributed by atoms with E-state index in [4.69, 9.17) is 7.10 Å². The maximum absolute atomic E-state index is 12.5. The Morgan fingerprint density at radius 1 is 1.16 bits per heavy atom. The van der Waals surface area contributed by atoms with Crippen molar-refractivity contribution in [3.05, 3.63) is 54.5 Å². The molecule has 1 aliphatic rings. The van der Waals surface area contributed by atoms with Crippen molar-refractivity contribution in [2.75, 3.05) is 19.3 Å². The summed E-state index contributed by atoms with van der Waals surface area (Å²) in [6.45, 7) is 0.485. The molecule has 31 heavy (non-hydrogen) atoms. The molecule has 0 bridgehead atoms. The number of carbonyl (C=O) groups excluding carboxylic acids is 1. The Morgan fingerprint density at radius 3 is 2.74 bits per heavy atom. The number of likely N-dealkylation sites (tertiary alicyclic amines) is 1. The molecule has 0 unspecified atom stereocenters. The molecule has 0 radical (unpaired) electrons. The van der Waals surface area contributed by atoms with Crippen LogP contribution in [-0.4, -0.2) is 54.2 Å². The van der Waals surface area contributed by atoms with Gasteiger partial charge in [-0.15, -0.1) is 0 Å². The molecule has 5 rings (SSSR count). The molecule has 1 fully saturated rings. The second kappa shape index (κ2) is 6.85. The van der Waals surface area contributed by atoms with Crippen molar-refractivity contribution in [1.82, 2.24) is 29.6 Å². The summed E-state index contributed by atoms with van der Waals surface area (Å²) in [5.41, 5.74) is 8.79. The third-order valence-corrected chi connectivity index (χ3v) is 5.72. The molecule has 1 saturated heterocycles. The Morgan fingerprint density at radius 2 is 1.97 bits per heavy atom. The topological polar surface area (TPSA) is 123 Å². The molecule has 9 heteroatoms. The summed E-state index contributed by atoms with van der Waals surface area (Å²) < 4.78 is 9.26. The van der Waals surface area contributed by atoms with Crippen LogP contribution in [0.25, 0.3) is 33.5 Å². The number of fused-ring (bicyclic) bond motifs is 1. The lowest BCUT2D eigenvalue weighted by molar-refractivity contribution is -0.143. The predicted molar refractivity (Wildman–Crippen MR) is 116 cm³/mol. The van der Waals surface area contributed by atoms with E-state index in [1.807, 2.05) is 30.3 Å². The Bertz CT molecular complexity index is 1390. The van der Waals surface area contributed by atoms with Gasteiger partial charge in [0, 0.05) is 38.2 Å². The number of amides is 1. The van der Waals surface area contributed by atoms with Crippen LogP contribution in [-0.2, 0) is 17.4 Å². The third-order valence-electron chi connectivity index (χ3n) is 5.72. The minimum Gasteiger partial charge on any atom is -0.382 e. The molecule has 156 valence electrons. The number of likely N-dealkylation sites (N-methyl/N-ethyl adjacent to an activating group) is 1. The van der Waals surface area contributed by atoms with Gasteiger partial charge in [0.05, 0.1) is 16.9 Å². The van der Waals surface area contributed by atoms with Gasteiger partial charge in [0.1, 0.15) is 18.9 Å². The van der Waals surface area contributed by atoms with Gasteiger partial charge in [0.15, 0.2) is 11.4 Å². The van der Waals surface area contributed by atoms with Crippen molar-refractivity contribution in [2.45, 2.75) is 12.0 Å². The number of nitrogens with two attached hydrogens (primary N) is 1. The molecule has 0 aliphatic carbocycles. The first-order valence-corrected chi connectivity index (χ1v) is 9.80. The number of aliphatic hydroxyl groups is 1. The van der Waals surface area contributed by atoms with Crippen molar-refractivity contribution in [3.63, 3.8) is 0 Å². The van der Waals surface area contributed by atoms with Crippen LogP contribution in [0.4, 0.5) is 5.82 Å². The summed E-state index contributed by atoms with van der Waals surface area (Å²) >= 11 is 0. The standard InChI is InChI=1S/C22H21N7O2/c1-28-9-8-22(31,21(28)30)18-11-17(29(2)27-18)14-5-3-4-13(10-14)15-6-7-16-19(26-15)20(23)25-12-24-16/h3-7,10-12,31H,8-9H2,1-2H3,(H2,23,24,25)/t22-/m1/s1/i12D. The molecule has 1 atom stereocenters. The highest BCUT2D eigenvalue weighted by molar-refractivity contribution is 5.88. The van der Waals surface area contributed by atoms with Gasteiger partial charge in [0.2, 0.25) is 0 Å². The number of aryl methyl sites for hydroxylation is 1. The second-order valence-electron chi connectivity index (χ2n) is 7.73. The summed E-state index contributed by atoms with van der Waals surface area (Å²) in [7, 11) is 3.45. The summed E-state index contributed by atoms with van der Waals surface area (Å²) in [5.74, 6) is -0.180. The van der Waals surface area contributed by atoms with Gasteiger partial charge in [-0.05, 0) is 24.3 Å². The number of carbonyl (C=O) groups is 1. The second-order valence-corrected chi connectivity index (χ2v) is 7.73. The first kappa shape index (κ1) is 18.0. The smallest absolute Gasteiger partial charge is 0.260 e. The molecular formula is C22H21N7O2. The zero-order chi connectivity index (χ0) is 22.6. The number of rotatable bonds is 3. The molecule has 3 aromatic heterocycles. The van der Waals surface area contributed by atoms with E-state index >= 15 is 0 Å². The Hall–Kier alpha value is -3.85. The highest BCUT2D eigenvalue weighted by atomic mass is 16.3. The molecule has 4 heterocycles. The Balaban J connectivity index is 1.55. The number of aromatic nitrogens is 5. The Labute approximate surface area is 179 Å². The van der Waals surface area contributed by atoms with E-state index in [0.29, 0.717) is 35.4 Å². The molecule has 3 N–H and O–H groups in total. The minimum absolute atomic E-state index is 0.146. The van der Waals surface area contributed by atoms with Crippen LogP contribution >= 0.6 is 0 Å². The molecule has 1 aliphatic heterocycles. The fourth-order valence-corrected chi connectivity index (χ4v) is 3.95. The van der Waals surface area contributed by atoms with Crippen LogP contribution < -0.4 is 5.73 Å². The third kappa shape index (κ3) is 3.01. The minimum atomic E-state index is -1.60. The van der Waals surface area contributed by atoms with Crippen LogP contribution in [0.5, 0.6) is 0 Å². The zero-order valence-electron chi connectivity index (χ0n) is 18.1. The van der Waals surface area contributed by atoms with Crippen molar-refractivity contribution in [2.24, 2.45) is 7.05 Å². The van der Waals surface area contributed by atoms with E-state index in [1.54, 1.807) is 30.9 Å². The monoisotopic (exact) mass is 416 g/mol. The number of hydrogen-bond donors (Lipinski definition) is 2. The first-order valence-electron chi connectivity index (χ1n) is 10.3. The number of hydrogen-bond acceptors (Lipinski definition) is 7. The van der Waals surface area contributed by atoms with Crippen molar-refractivity contribution in [3.8, 4) is 22.5 Å². The molecule has 1 aromatic carbocycles.